The molecule has 0 saturated carbocycles. The molecule has 14 heavy (non-hydrogen) atoms. The first kappa shape index (κ1) is 12.1. The van der Waals surface area contributed by atoms with Crippen molar-refractivity contribution in [3.05, 3.63) is 39.4 Å². The number of nitrogens with zero attached hydrogens (tertiary/aromatic N) is 2. The van der Waals surface area contributed by atoms with Gasteiger partial charge in [-0.25, -0.2) is 0 Å². The number of benzene rings is 1. The third-order valence-corrected chi connectivity index (χ3v) is 1.52. The van der Waals surface area contributed by atoms with Crippen molar-refractivity contribution in [2.45, 2.75) is 20.8 Å². The van der Waals surface area contributed by atoms with E-state index in [0.717, 1.165) is 0 Å². The molecule has 0 fully saturated rings. The van der Waals surface area contributed by atoms with Crippen LogP contribution in [0.1, 0.15) is 25.0 Å². The Morgan fingerprint density at radius 1 is 1.43 bits per heavy atom. The van der Waals surface area contributed by atoms with E-state index >= 15 is 0 Å². The minimum absolute atomic E-state index is 0.0500. The Kier molecular flexibility index (Phi) is 4.93. The number of aryl methyl sites for hydroxylation is 1. The Balaban J connectivity index is 0.000000791. The molecule has 0 atom stereocenters. The number of hydrogen-bond donors (Lipinski definition) is 0. The molecule has 0 amide bonds. The average Bonchev–Trinajstić information content (AvgIpc) is 2.20. The largest absolute Gasteiger partial charge is 0.272 e. The predicted molar refractivity (Wildman–Crippen MR) is 53.9 cm³/mol. The Morgan fingerprint density at radius 3 is 2.36 bits per heavy atom. The lowest BCUT2D eigenvalue weighted by Gasteiger charge is -1.95. The van der Waals surface area contributed by atoms with Crippen molar-refractivity contribution in [3.63, 3.8) is 0 Å². The van der Waals surface area contributed by atoms with Gasteiger partial charge in [0.1, 0.15) is 0 Å². The van der Waals surface area contributed by atoms with Crippen LogP contribution in [-0.4, -0.2) is 4.92 Å². The van der Waals surface area contributed by atoms with Crippen LogP contribution in [0.25, 0.3) is 0 Å². The van der Waals surface area contributed by atoms with Crippen LogP contribution < -0.4 is 0 Å². The molecular weight excluding hydrogens is 180 g/mol. The van der Waals surface area contributed by atoms with Gasteiger partial charge in [0, 0.05) is 11.6 Å². The van der Waals surface area contributed by atoms with Gasteiger partial charge >= 0.3 is 0 Å². The zero-order valence-corrected chi connectivity index (χ0v) is 8.44. The van der Waals surface area contributed by atoms with E-state index in [2.05, 4.69) is 0 Å². The zero-order chi connectivity index (χ0) is 11.1. The Hall–Kier alpha value is -1.89. The fraction of sp³-hybridized carbons (Fsp3) is 0.300. The highest BCUT2D eigenvalue weighted by atomic mass is 16.6. The molecule has 0 aliphatic rings. The molecule has 1 rings (SSSR count). The molecule has 0 unspecified atom stereocenters. The van der Waals surface area contributed by atoms with E-state index in [4.69, 9.17) is 5.26 Å². The number of nitro groups is 1. The highest BCUT2D eigenvalue weighted by molar-refractivity contribution is 5.45. The lowest BCUT2D eigenvalue weighted by atomic mass is 10.1. The standard InChI is InChI=1S/C8H6N2O2.C2H6/c1-6-4-7(5-9)2-3-8(6)10(11)12;1-2/h2-4H,1H3;1-2H3. The maximum atomic E-state index is 10.3. The fourth-order valence-corrected chi connectivity index (χ4v) is 0.930. The molecule has 4 nitrogen and oxygen atoms in total. The van der Waals surface area contributed by atoms with Crippen LogP contribution in [0, 0.1) is 28.4 Å². The molecule has 0 aliphatic heterocycles. The predicted octanol–water partition coefficient (Wildman–Crippen LogP) is 2.80. The number of nitro benzene ring substituents is 1. The average molecular weight is 192 g/mol. The third-order valence-electron chi connectivity index (χ3n) is 1.52. The normalized spacial score (nSPS) is 8.14. The van der Waals surface area contributed by atoms with Gasteiger partial charge in [-0.1, -0.05) is 13.8 Å². The third kappa shape index (κ3) is 2.87. The highest BCUT2D eigenvalue weighted by Crippen LogP contribution is 2.17. The summed E-state index contributed by atoms with van der Waals surface area (Å²) >= 11 is 0. The fourth-order valence-electron chi connectivity index (χ4n) is 0.930. The summed E-state index contributed by atoms with van der Waals surface area (Å²) in [5.74, 6) is 0. The maximum absolute atomic E-state index is 10.3. The van der Waals surface area contributed by atoms with E-state index in [9.17, 15) is 10.1 Å². The van der Waals surface area contributed by atoms with Crippen molar-refractivity contribution in [2.24, 2.45) is 0 Å². The van der Waals surface area contributed by atoms with Gasteiger partial charge in [0.2, 0.25) is 0 Å². The molecule has 0 saturated heterocycles. The smallest absolute Gasteiger partial charge is 0.258 e. The van der Waals surface area contributed by atoms with Crippen molar-refractivity contribution in [1.29, 1.82) is 5.26 Å². The Labute approximate surface area is 82.9 Å². The van der Waals surface area contributed by atoms with Crippen LogP contribution in [0.5, 0.6) is 0 Å². The first-order valence-electron chi connectivity index (χ1n) is 4.30. The summed E-state index contributed by atoms with van der Waals surface area (Å²) in [6, 6.07) is 6.19. The van der Waals surface area contributed by atoms with Crippen molar-refractivity contribution in [1.82, 2.24) is 0 Å². The molecule has 0 N–H and O–H groups in total. The summed E-state index contributed by atoms with van der Waals surface area (Å²) in [4.78, 5) is 9.88. The van der Waals surface area contributed by atoms with Crippen LogP contribution in [-0.2, 0) is 0 Å². The van der Waals surface area contributed by atoms with Crippen LogP contribution in [0.15, 0.2) is 18.2 Å². The number of nitriles is 1. The molecule has 74 valence electrons. The SMILES string of the molecule is CC.Cc1cc(C#N)ccc1[N+](=O)[O-]. The van der Waals surface area contributed by atoms with E-state index in [1.54, 1.807) is 6.92 Å². The van der Waals surface area contributed by atoms with Crippen LogP contribution in [0.2, 0.25) is 0 Å². The Bertz CT molecular complexity index is 367. The molecule has 1 aromatic rings. The second kappa shape index (κ2) is 5.70. The van der Waals surface area contributed by atoms with Crippen molar-refractivity contribution < 1.29 is 4.92 Å². The summed E-state index contributed by atoms with van der Waals surface area (Å²) < 4.78 is 0. The van der Waals surface area contributed by atoms with E-state index in [-0.39, 0.29) is 5.69 Å². The topological polar surface area (TPSA) is 66.9 Å². The quantitative estimate of drug-likeness (QED) is 0.507. The summed E-state index contributed by atoms with van der Waals surface area (Å²) in [5.41, 5.74) is 1.01. The van der Waals surface area contributed by atoms with Gasteiger partial charge in [0.05, 0.1) is 16.6 Å². The first-order valence-corrected chi connectivity index (χ1v) is 4.30. The second-order valence-corrected chi connectivity index (χ2v) is 2.37. The van der Waals surface area contributed by atoms with Gasteiger partial charge in [0.15, 0.2) is 0 Å². The van der Waals surface area contributed by atoms with Crippen molar-refractivity contribution in [2.75, 3.05) is 0 Å². The van der Waals surface area contributed by atoms with E-state index in [1.165, 1.54) is 18.2 Å². The molecule has 0 radical (unpaired) electrons. The van der Waals surface area contributed by atoms with Crippen molar-refractivity contribution >= 4 is 5.69 Å². The van der Waals surface area contributed by atoms with Gasteiger partial charge in [0.25, 0.3) is 5.69 Å². The molecule has 0 spiro atoms. The van der Waals surface area contributed by atoms with Gasteiger partial charge in [-0.2, -0.15) is 5.26 Å². The summed E-state index contributed by atoms with van der Waals surface area (Å²) in [7, 11) is 0. The van der Waals surface area contributed by atoms with Crippen LogP contribution in [0.4, 0.5) is 5.69 Å². The summed E-state index contributed by atoms with van der Waals surface area (Å²) in [5, 5.41) is 18.8. The number of hydrogen-bond acceptors (Lipinski definition) is 3. The van der Waals surface area contributed by atoms with Gasteiger partial charge in [-0.15, -0.1) is 0 Å². The minimum Gasteiger partial charge on any atom is -0.258 e. The molecule has 0 aliphatic carbocycles. The van der Waals surface area contributed by atoms with Crippen molar-refractivity contribution in [3.8, 4) is 6.07 Å². The lowest BCUT2D eigenvalue weighted by Crippen LogP contribution is -1.91. The number of rotatable bonds is 1. The maximum Gasteiger partial charge on any atom is 0.272 e. The van der Waals surface area contributed by atoms with E-state index in [1.807, 2.05) is 19.9 Å². The van der Waals surface area contributed by atoms with Gasteiger partial charge in [-0.3, -0.25) is 10.1 Å². The molecular formula is C10H12N2O2. The molecule has 0 heterocycles. The monoisotopic (exact) mass is 192 g/mol. The highest BCUT2D eigenvalue weighted by Gasteiger charge is 2.09. The lowest BCUT2D eigenvalue weighted by molar-refractivity contribution is -0.385. The molecule has 0 aromatic heterocycles. The Morgan fingerprint density at radius 2 is 2.00 bits per heavy atom. The minimum atomic E-state index is -0.462. The second-order valence-electron chi connectivity index (χ2n) is 2.37. The molecule has 4 heteroatoms. The molecule has 0 bridgehead atoms. The summed E-state index contributed by atoms with van der Waals surface area (Å²) in [6.45, 7) is 5.61. The zero-order valence-electron chi connectivity index (χ0n) is 8.44. The van der Waals surface area contributed by atoms with Crippen LogP contribution in [0.3, 0.4) is 0 Å². The van der Waals surface area contributed by atoms with E-state index < -0.39 is 4.92 Å². The molecule has 1 aromatic carbocycles. The van der Waals surface area contributed by atoms with Gasteiger partial charge in [-0.05, 0) is 19.1 Å². The van der Waals surface area contributed by atoms with Crippen LogP contribution >= 0.6 is 0 Å². The van der Waals surface area contributed by atoms with E-state index in [0.29, 0.717) is 11.1 Å². The van der Waals surface area contributed by atoms with Gasteiger partial charge < -0.3 is 0 Å². The summed E-state index contributed by atoms with van der Waals surface area (Å²) in [6.07, 6.45) is 0. The first-order chi connectivity index (χ1) is 6.65.